The second-order valence-corrected chi connectivity index (χ2v) is 5.09. The zero-order chi connectivity index (χ0) is 12.0. The van der Waals surface area contributed by atoms with E-state index in [0.717, 1.165) is 30.2 Å². The SMILES string of the molecule is CC(C)CCCCNc1ncc([N+](=O)[O-])s1. The largest absolute Gasteiger partial charge is 0.361 e. The van der Waals surface area contributed by atoms with Gasteiger partial charge in [0.25, 0.3) is 0 Å². The van der Waals surface area contributed by atoms with E-state index in [1.807, 2.05) is 0 Å². The fourth-order valence-electron chi connectivity index (χ4n) is 1.30. The number of nitrogens with one attached hydrogen (secondary N) is 1. The van der Waals surface area contributed by atoms with Gasteiger partial charge in [-0.2, -0.15) is 0 Å². The average molecular weight is 243 g/mol. The Bertz CT molecular complexity index is 339. The van der Waals surface area contributed by atoms with Crippen molar-refractivity contribution in [2.45, 2.75) is 33.1 Å². The molecular weight excluding hydrogens is 226 g/mol. The number of anilines is 1. The van der Waals surface area contributed by atoms with E-state index in [4.69, 9.17) is 0 Å². The summed E-state index contributed by atoms with van der Waals surface area (Å²) in [7, 11) is 0. The van der Waals surface area contributed by atoms with Crippen LogP contribution in [0.15, 0.2) is 6.20 Å². The van der Waals surface area contributed by atoms with E-state index < -0.39 is 4.92 Å². The highest BCUT2D eigenvalue weighted by atomic mass is 32.1. The third-order valence-corrected chi connectivity index (χ3v) is 3.06. The van der Waals surface area contributed by atoms with Gasteiger partial charge in [-0.25, -0.2) is 4.98 Å². The van der Waals surface area contributed by atoms with Crippen molar-refractivity contribution in [1.82, 2.24) is 4.98 Å². The van der Waals surface area contributed by atoms with Crippen molar-refractivity contribution in [2.75, 3.05) is 11.9 Å². The number of hydrogen-bond acceptors (Lipinski definition) is 5. The lowest BCUT2D eigenvalue weighted by Crippen LogP contribution is -2.01. The molecule has 1 heterocycles. The summed E-state index contributed by atoms with van der Waals surface area (Å²) in [5.74, 6) is 0.737. The van der Waals surface area contributed by atoms with Gasteiger partial charge in [0.05, 0.1) is 4.92 Å². The first-order valence-corrected chi connectivity index (χ1v) is 6.25. The molecule has 0 amide bonds. The molecule has 0 unspecified atom stereocenters. The Hall–Kier alpha value is -1.17. The van der Waals surface area contributed by atoms with Crippen LogP contribution in [0.25, 0.3) is 0 Å². The van der Waals surface area contributed by atoms with E-state index in [1.54, 1.807) is 0 Å². The number of aromatic nitrogens is 1. The summed E-state index contributed by atoms with van der Waals surface area (Å²) in [4.78, 5) is 13.9. The molecule has 0 spiro atoms. The van der Waals surface area contributed by atoms with Gasteiger partial charge in [0.15, 0.2) is 5.13 Å². The molecule has 1 N–H and O–H groups in total. The normalized spacial score (nSPS) is 10.7. The minimum absolute atomic E-state index is 0.0877. The fourth-order valence-corrected chi connectivity index (χ4v) is 1.96. The first-order chi connectivity index (χ1) is 7.59. The zero-order valence-electron chi connectivity index (χ0n) is 9.60. The number of nitrogens with zero attached hydrogens (tertiary/aromatic N) is 2. The van der Waals surface area contributed by atoms with Crippen molar-refractivity contribution in [3.8, 4) is 0 Å². The van der Waals surface area contributed by atoms with Gasteiger partial charge in [-0.3, -0.25) is 10.1 Å². The minimum Gasteiger partial charge on any atom is -0.361 e. The number of nitro groups is 1. The van der Waals surface area contributed by atoms with Crippen molar-refractivity contribution in [1.29, 1.82) is 0 Å². The lowest BCUT2D eigenvalue weighted by Gasteiger charge is -2.04. The highest BCUT2D eigenvalue weighted by Gasteiger charge is 2.10. The molecule has 0 aliphatic rings. The lowest BCUT2D eigenvalue weighted by molar-refractivity contribution is -0.380. The number of unbranched alkanes of at least 4 members (excludes halogenated alkanes) is 1. The standard InChI is InChI=1S/C10H17N3O2S/c1-8(2)5-3-4-6-11-10-12-7-9(16-10)13(14)15/h7-8H,3-6H2,1-2H3,(H,11,12). The van der Waals surface area contributed by atoms with Crippen LogP contribution in [-0.2, 0) is 0 Å². The van der Waals surface area contributed by atoms with E-state index in [1.165, 1.54) is 19.0 Å². The molecule has 0 aliphatic heterocycles. The molecule has 0 atom stereocenters. The molecule has 0 saturated carbocycles. The molecule has 0 bridgehead atoms. The first-order valence-electron chi connectivity index (χ1n) is 5.43. The summed E-state index contributed by atoms with van der Waals surface area (Å²) >= 11 is 1.08. The average Bonchev–Trinajstić information content (AvgIpc) is 2.65. The summed E-state index contributed by atoms with van der Waals surface area (Å²) in [6.07, 6.45) is 4.77. The minimum atomic E-state index is -0.415. The predicted octanol–water partition coefficient (Wildman–Crippen LogP) is 3.29. The number of hydrogen-bond donors (Lipinski definition) is 1. The van der Waals surface area contributed by atoms with Crippen LogP contribution in [0, 0.1) is 16.0 Å². The number of thiazole rings is 1. The third-order valence-electron chi connectivity index (χ3n) is 2.16. The van der Waals surface area contributed by atoms with Gasteiger partial charge in [0, 0.05) is 6.54 Å². The van der Waals surface area contributed by atoms with Crippen LogP contribution in [0.1, 0.15) is 33.1 Å². The molecule has 1 aromatic rings. The Morgan fingerprint density at radius 1 is 1.56 bits per heavy atom. The highest BCUT2D eigenvalue weighted by Crippen LogP contribution is 2.24. The van der Waals surface area contributed by atoms with Crippen LogP contribution >= 0.6 is 11.3 Å². The van der Waals surface area contributed by atoms with E-state index in [2.05, 4.69) is 24.1 Å². The molecule has 1 aromatic heterocycles. The molecule has 0 radical (unpaired) electrons. The molecule has 1 rings (SSSR count). The Labute approximate surface area is 99.0 Å². The van der Waals surface area contributed by atoms with Crippen molar-refractivity contribution in [3.63, 3.8) is 0 Å². The number of rotatable bonds is 7. The summed E-state index contributed by atoms with van der Waals surface area (Å²) in [6.45, 7) is 5.24. The van der Waals surface area contributed by atoms with E-state index in [-0.39, 0.29) is 5.00 Å². The lowest BCUT2D eigenvalue weighted by atomic mass is 10.1. The molecule has 6 heteroatoms. The van der Waals surface area contributed by atoms with E-state index >= 15 is 0 Å². The van der Waals surface area contributed by atoms with Crippen LogP contribution in [0.3, 0.4) is 0 Å². The van der Waals surface area contributed by atoms with E-state index in [0.29, 0.717) is 5.13 Å². The maximum absolute atomic E-state index is 10.4. The van der Waals surface area contributed by atoms with Gasteiger partial charge in [-0.05, 0) is 23.7 Å². The molecule has 16 heavy (non-hydrogen) atoms. The second-order valence-electron chi connectivity index (χ2n) is 4.08. The summed E-state index contributed by atoms with van der Waals surface area (Å²) in [6, 6.07) is 0. The third kappa shape index (κ3) is 4.57. The molecule has 0 fully saturated rings. The summed E-state index contributed by atoms with van der Waals surface area (Å²) in [5, 5.41) is 14.2. The van der Waals surface area contributed by atoms with Gasteiger partial charge in [-0.15, -0.1) is 0 Å². The topological polar surface area (TPSA) is 68.1 Å². The van der Waals surface area contributed by atoms with Gasteiger partial charge in [-0.1, -0.05) is 26.7 Å². The Kier molecular flexibility index (Phi) is 5.18. The van der Waals surface area contributed by atoms with Crippen molar-refractivity contribution in [3.05, 3.63) is 16.3 Å². The molecule has 0 aliphatic carbocycles. The van der Waals surface area contributed by atoms with E-state index in [9.17, 15) is 10.1 Å². The summed E-state index contributed by atoms with van der Waals surface area (Å²) < 4.78 is 0. The smallest absolute Gasteiger partial charge is 0.345 e. The van der Waals surface area contributed by atoms with Crippen LogP contribution in [0.4, 0.5) is 10.1 Å². The quantitative estimate of drug-likeness (QED) is 0.453. The first kappa shape index (κ1) is 12.9. The van der Waals surface area contributed by atoms with Crippen LogP contribution in [0.5, 0.6) is 0 Å². The fraction of sp³-hybridized carbons (Fsp3) is 0.700. The summed E-state index contributed by atoms with van der Waals surface area (Å²) in [5.41, 5.74) is 0. The molecule has 0 saturated heterocycles. The van der Waals surface area contributed by atoms with Gasteiger partial charge < -0.3 is 5.32 Å². The highest BCUT2D eigenvalue weighted by molar-refractivity contribution is 7.18. The van der Waals surface area contributed by atoms with Gasteiger partial charge in [0.2, 0.25) is 0 Å². The van der Waals surface area contributed by atoms with Crippen molar-refractivity contribution in [2.24, 2.45) is 5.92 Å². The van der Waals surface area contributed by atoms with Gasteiger partial charge >= 0.3 is 5.00 Å². The second kappa shape index (κ2) is 6.42. The maximum atomic E-state index is 10.4. The van der Waals surface area contributed by atoms with Crippen LogP contribution < -0.4 is 5.32 Å². The maximum Gasteiger partial charge on any atom is 0.345 e. The van der Waals surface area contributed by atoms with Crippen molar-refractivity contribution < 1.29 is 4.92 Å². The van der Waals surface area contributed by atoms with Gasteiger partial charge in [0.1, 0.15) is 6.20 Å². The molecule has 0 aromatic carbocycles. The Balaban J connectivity index is 2.19. The Morgan fingerprint density at radius 3 is 2.88 bits per heavy atom. The predicted molar refractivity (Wildman–Crippen MR) is 65.9 cm³/mol. The molecule has 5 nitrogen and oxygen atoms in total. The Morgan fingerprint density at radius 2 is 2.31 bits per heavy atom. The van der Waals surface area contributed by atoms with Crippen LogP contribution in [0.2, 0.25) is 0 Å². The van der Waals surface area contributed by atoms with Crippen LogP contribution in [-0.4, -0.2) is 16.5 Å². The molecule has 90 valence electrons. The molecular formula is C10H17N3O2S. The monoisotopic (exact) mass is 243 g/mol. The zero-order valence-corrected chi connectivity index (χ0v) is 10.4. The van der Waals surface area contributed by atoms with Crippen molar-refractivity contribution >= 4 is 21.5 Å².